The third kappa shape index (κ3) is 9.03. The van der Waals surface area contributed by atoms with Crippen LogP contribution in [-0.2, 0) is 13.1 Å². The number of nitriles is 1. The van der Waals surface area contributed by atoms with Crippen molar-refractivity contribution in [1.29, 1.82) is 5.26 Å². The molecule has 6 N–H and O–H groups in total. The van der Waals surface area contributed by atoms with Crippen molar-refractivity contribution in [2.45, 2.75) is 52.9 Å². The predicted octanol–water partition coefficient (Wildman–Crippen LogP) is 7.32. The van der Waals surface area contributed by atoms with Crippen LogP contribution in [0.5, 0.6) is 0 Å². The molecular weight excluding hydrogens is 821 g/mol. The van der Waals surface area contributed by atoms with Gasteiger partial charge in [-0.3, -0.25) is 14.2 Å². The first-order valence-corrected chi connectivity index (χ1v) is 20.8. The molecule has 8 aromatic heterocycles. The fraction of sp³-hybridized carbons (Fsp3) is 0.174. The lowest BCUT2D eigenvalue weighted by atomic mass is 10.1. The van der Waals surface area contributed by atoms with Crippen molar-refractivity contribution in [1.82, 2.24) is 68.7 Å². The van der Waals surface area contributed by atoms with Crippen LogP contribution >= 0.6 is 0 Å². The van der Waals surface area contributed by atoms with Gasteiger partial charge in [-0.25, -0.2) is 29.0 Å². The number of pyridine rings is 2. The average Bonchev–Trinajstić information content (AvgIpc) is 4.18. The van der Waals surface area contributed by atoms with Crippen molar-refractivity contribution >= 4 is 28.6 Å². The molecule has 0 spiro atoms. The number of imidazole rings is 2. The summed E-state index contributed by atoms with van der Waals surface area (Å²) in [7, 11) is 0. The topological polar surface area (TPSA) is 244 Å². The number of aromatic amines is 2. The zero-order valence-electron chi connectivity index (χ0n) is 35.9. The minimum Gasteiger partial charge on any atom is -0.378 e. The van der Waals surface area contributed by atoms with Crippen molar-refractivity contribution in [3.05, 3.63) is 145 Å². The zero-order chi connectivity index (χ0) is 45.0. The predicted molar refractivity (Wildman–Crippen MR) is 245 cm³/mol. The molecule has 0 saturated carbocycles. The Hall–Kier alpha value is -8.92. The summed E-state index contributed by atoms with van der Waals surface area (Å²) in [5.74, 6) is 1.02. The van der Waals surface area contributed by atoms with Crippen molar-refractivity contribution in [2.24, 2.45) is 5.73 Å². The first-order valence-electron chi connectivity index (χ1n) is 20.8. The molecule has 19 heteroatoms. The third-order valence-corrected chi connectivity index (χ3v) is 10.4. The van der Waals surface area contributed by atoms with Crippen LogP contribution in [0.3, 0.4) is 0 Å². The van der Waals surface area contributed by atoms with Gasteiger partial charge in [0.25, 0.3) is 0 Å². The molecule has 1 amide bonds. The number of fused-ring (bicyclic) bond motifs is 2. The number of carbonyl (C=O) groups excluding carboxylic acids is 1. The number of rotatable bonds is 13. The van der Waals surface area contributed by atoms with Crippen LogP contribution in [0.1, 0.15) is 67.3 Å². The fourth-order valence-corrected chi connectivity index (χ4v) is 7.09. The zero-order valence-corrected chi connectivity index (χ0v) is 35.9. The van der Waals surface area contributed by atoms with Gasteiger partial charge in [0.1, 0.15) is 35.7 Å². The van der Waals surface area contributed by atoms with E-state index in [1.54, 1.807) is 33.3 Å². The molecule has 0 aliphatic rings. The Morgan fingerprint density at radius 2 is 1.20 bits per heavy atom. The SMILES string of the molecule is CC(C)n1ccc(-c2[nH]c(CNc3cccc(C#N)c3)nc2-c2ccc3ncnn3c2)n1.CC(C)n1ccc(-c2[nH]c(CNc3cccc(C(N)=O)c3)nc2-c2ccc3ncnn3c2)n1. The number of primary amides is 1. The smallest absolute Gasteiger partial charge is 0.248 e. The van der Waals surface area contributed by atoms with E-state index in [-0.39, 0.29) is 12.1 Å². The number of hydrogen-bond acceptors (Lipinski definition) is 12. The molecule has 0 atom stereocenters. The molecule has 10 aromatic rings. The molecule has 65 heavy (non-hydrogen) atoms. The summed E-state index contributed by atoms with van der Waals surface area (Å²) in [4.78, 5) is 36.5. The van der Waals surface area contributed by atoms with Crippen LogP contribution in [0.25, 0.3) is 56.6 Å². The summed E-state index contributed by atoms with van der Waals surface area (Å²) in [6.45, 7) is 9.24. The van der Waals surface area contributed by atoms with E-state index < -0.39 is 5.91 Å². The maximum Gasteiger partial charge on any atom is 0.248 e. The summed E-state index contributed by atoms with van der Waals surface area (Å²) in [5.41, 5.74) is 16.2. The molecule has 0 fully saturated rings. The lowest BCUT2D eigenvalue weighted by Crippen LogP contribution is -2.11. The molecule has 0 unspecified atom stereocenters. The summed E-state index contributed by atoms with van der Waals surface area (Å²) in [5, 5.41) is 33.7. The molecular formula is C46H44N18O. The van der Waals surface area contributed by atoms with Gasteiger partial charge >= 0.3 is 0 Å². The second-order valence-electron chi connectivity index (χ2n) is 15.7. The van der Waals surface area contributed by atoms with Crippen LogP contribution in [0.2, 0.25) is 0 Å². The molecule has 0 aliphatic heterocycles. The number of anilines is 2. The Morgan fingerprint density at radius 1 is 0.692 bits per heavy atom. The number of benzene rings is 2. The van der Waals surface area contributed by atoms with Crippen LogP contribution in [0, 0.1) is 11.3 Å². The van der Waals surface area contributed by atoms with Gasteiger partial charge in [0, 0.05) is 64.9 Å². The highest BCUT2D eigenvalue weighted by molar-refractivity contribution is 5.93. The highest BCUT2D eigenvalue weighted by Crippen LogP contribution is 2.32. The fourth-order valence-electron chi connectivity index (χ4n) is 7.09. The van der Waals surface area contributed by atoms with Crippen molar-refractivity contribution in [3.8, 4) is 51.4 Å². The summed E-state index contributed by atoms with van der Waals surface area (Å²) < 4.78 is 7.28. The van der Waals surface area contributed by atoms with E-state index in [0.29, 0.717) is 24.2 Å². The number of nitrogens with one attached hydrogen (secondary N) is 4. The lowest BCUT2D eigenvalue weighted by molar-refractivity contribution is 0.1000. The number of hydrogen-bond donors (Lipinski definition) is 5. The van der Waals surface area contributed by atoms with Gasteiger partial charge in [-0.1, -0.05) is 12.1 Å². The molecule has 0 aliphatic carbocycles. The highest BCUT2D eigenvalue weighted by Gasteiger charge is 2.20. The van der Waals surface area contributed by atoms with E-state index in [1.807, 2.05) is 94.8 Å². The monoisotopic (exact) mass is 864 g/mol. The summed E-state index contributed by atoms with van der Waals surface area (Å²) >= 11 is 0. The van der Waals surface area contributed by atoms with E-state index in [0.717, 1.165) is 79.6 Å². The number of nitrogens with two attached hydrogens (primary N) is 1. The van der Waals surface area contributed by atoms with Gasteiger partial charge in [0.2, 0.25) is 5.91 Å². The first-order chi connectivity index (χ1) is 31.6. The molecule has 2 aromatic carbocycles. The van der Waals surface area contributed by atoms with Gasteiger partial charge in [-0.2, -0.15) is 25.7 Å². The van der Waals surface area contributed by atoms with Gasteiger partial charge in [-0.05, 0) is 100 Å². The molecule has 19 nitrogen and oxygen atoms in total. The van der Waals surface area contributed by atoms with Gasteiger partial charge in [0.05, 0.1) is 47.5 Å². The Balaban J connectivity index is 0.000000164. The third-order valence-electron chi connectivity index (χ3n) is 10.4. The van der Waals surface area contributed by atoms with Crippen molar-refractivity contribution in [3.63, 3.8) is 0 Å². The largest absolute Gasteiger partial charge is 0.378 e. The van der Waals surface area contributed by atoms with E-state index in [2.05, 4.69) is 74.5 Å². The average molecular weight is 865 g/mol. The number of amides is 1. The first kappa shape index (κ1) is 41.4. The quantitative estimate of drug-likeness (QED) is 0.0765. The van der Waals surface area contributed by atoms with Crippen molar-refractivity contribution < 1.29 is 4.79 Å². The minimum absolute atomic E-state index is 0.246. The molecule has 0 bridgehead atoms. The summed E-state index contributed by atoms with van der Waals surface area (Å²) in [6, 6.07) is 28.8. The minimum atomic E-state index is -0.467. The molecule has 324 valence electrons. The molecule has 10 rings (SSSR count). The van der Waals surface area contributed by atoms with Crippen LogP contribution in [0.15, 0.2) is 122 Å². The van der Waals surface area contributed by atoms with Crippen LogP contribution in [0.4, 0.5) is 11.4 Å². The normalized spacial score (nSPS) is 11.3. The van der Waals surface area contributed by atoms with E-state index in [1.165, 1.54) is 12.7 Å². The van der Waals surface area contributed by atoms with E-state index >= 15 is 0 Å². The van der Waals surface area contributed by atoms with Crippen molar-refractivity contribution in [2.75, 3.05) is 10.6 Å². The number of carbonyl (C=O) groups is 1. The number of nitrogens with zero attached hydrogens (tertiary/aromatic N) is 13. The van der Waals surface area contributed by atoms with Gasteiger partial charge in [-0.15, -0.1) is 0 Å². The van der Waals surface area contributed by atoms with Crippen LogP contribution in [-0.4, -0.2) is 74.6 Å². The molecule has 8 heterocycles. The maximum atomic E-state index is 11.5. The van der Waals surface area contributed by atoms with Gasteiger partial charge < -0.3 is 26.3 Å². The van der Waals surface area contributed by atoms with Gasteiger partial charge in [0.15, 0.2) is 11.3 Å². The summed E-state index contributed by atoms with van der Waals surface area (Å²) in [6.07, 6.45) is 10.8. The second-order valence-corrected chi connectivity index (χ2v) is 15.7. The van der Waals surface area contributed by atoms with Crippen LogP contribution < -0.4 is 16.4 Å². The standard InChI is InChI=1S/C23H23N9O.C23H21N9/c1-14(2)31-9-8-18(30-31)22-21(16-6-7-20-26-13-27-32(20)12-16)28-19(29-22)11-25-17-5-3-4-15(10-17)23(24)33;1-15(2)31-9-8-19(30-31)23-22(17-6-7-21-26-14-27-32(21)13-17)28-20(29-23)12-25-18-5-3-4-16(10-18)11-24/h3-10,12-14,25H,11H2,1-2H3,(H2,24,33)(H,28,29);3-10,13-15,25H,12H2,1-2H3,(H,28,29). The second kappa shape index (κ2) is 17.8. The number of aromatic nitrogens is 14. The number of H-pyrrole nitrogens is 2. The molecule has 0 radical (unpaired) electrons. The Labute approximate surface area is 372 Å². The Bertz CT molecular complexity index is 3320. The maximum absolute atomic E-state index is 11.5. The lowest BCUT2D eigenvalue weighted by Gasteiger charge is -2.05. The Morgan fingerprint density at radius 3 is 1.68 bits per heavy atom. The van der Waals surface area contributed by atoms with E-state index in [4.69, 9.17) is 31.2 Å². The molecule has 0 saturated heterocycles. The highest BCUT2D eigenvalue weighted by atomic mass is 16.1. The van der Waals surface area contributed by atoms with E-state index in [9.17, 15) is 4.79 Å². The Kier molecular flexibility index (Phi) is 11.4.